The van der Waals surface area contributed by atoms with E-state index in [4.69, 9.17) is 0 Å². The second kappa shape index (κ2) is 6.11. The molecule has 0 aliphatic carbocycles. The van der Waals surface area contributed by atoms with Crippen molar-refractivity contribution in [2.24, 2.45) is 0 Å². The summed E-state index contributed by atoms with van der Waals surface area (Å²) in [5.41, 5.74) is 4.00. The third kappa shape index (κ3) is 2.84. The minimum absolute atomic E-state index is 0.237. The van der Waals surface area contributed by atoms with Crippen LogP contribution in [0.25, 0.3) is 10.8 Å². The van der Waals surface area contributed by atoms with E-state index in [2.05, 4.69) is 79.0 Å². The monoisotopic (exact) mass is 275 g/mol. The first-order valence-electron chi connectivity index (χ1n) is 7.56. The van der Waals surface area contributed by atoms with Crippen LogP contribution in [-0.4, -0.2) is 7.05 Å². The van der Waals surface area contributed by atoms with E-state index in [0.717, 1.165) is 6.42 Å². The Kier molecular flexibility index (Phi) is 4.03. The molecule has 1 N–H and O–H groups in total. The quantitative estimate of drug-likeness (QED) is 0.727. The highest BCUT2D eigenvalue weighted by Gasteiger charge is 2.12. The molecule has 0 aliphatic rings. The summed E-state index contributed by atoms with van der Waals surface area (Å²) in [6.45, 7) is 2.19. The van der Waals surface area contributed by atoms with Crippen molar-refractivity contribution in [2.75, 3.05) is 7.05 Å². The lowest BCUT2D eigenvalue weighted by Gasteiger charge is -2.18. The van der Waals surface area contributed by atoms with E-state index >= 15 is 0 Å². The maximum Gasteiger partial charge on any atom is 0.0574 e. The lowest BCUT2D eigenvalue weighted by atomic mass is 9.95. The molecule has 0 fully saturated rings. The molecule has 3 aromatic rings. The maximum atomic E-state index is 3.44. The van der Waals surface area contributed by atoms with Crippen LogP contribution in [0.15, 0.2) is 66.7 Å². The second-order valence-corrected chi connectivity index (χ2v) is 5.42. The Morgan fingerprint density at radius 3 is 2.14 bits per heavy atom. The highest BCUT2D eigenvalue weighted by atomic mass is 14.9. The molecule has 0 heterocycles. The van der Waals surface area contributed by atoms with Gasteiger partial charge in [0.25, 0.3) is 0 Å². The van der Waals surface area contributed by atoms with E-state index in [1.54, 1.807) is 0 Å². The number of benzene rings is 3. The smallest absolute Gasteiger partial charge is 0.0574 e. The van der Waals surface area contributed by atoms with Crippen molar-refractivity contribution >= 4 is 10.8 Å². The van der Waals surface area contributed by atoms with Crippen molar-refractivity contribution in [1.29, 1.82) is 0 Å². The summed E-state index contributed by atoms with van der Waals surface area (Å²) in [7, 11) is 2.02. The van der Waals surface area contributed by atoms with Gasteiger partial charge in [0.05, 0.1) is 6.04 Å². The number of aryl methyl sites for hydroxylation is 1. The van der Waals surface area contributed by atoms with Gasteiger partial charge in [0, 0.05) is 0 Å². The summed E-state index contributed by atoms with van der Waals surface area (Å²) in [5.74, 6) is 0. The normalized spacial score (nSPS) is 12.5. The molecule has 0 aliphatic heterocycles. The first-order chi connectivity index (χ1) is 10.3. The van der Waals surface area contributed by atoms with Gasteiger partial charge in [-0.25, -0.2) is 0 Å². The van der Waals surface area contributed by atoms with Gasteiger partial charge in [-0.2, -0.15) is 0 Å². The predicted molar refractivity (Wildman–Crippen MR) is 90.7 cm³/mol. The van der Waals surface area contributed by atoms with Gasteiger partial charge in [-0.05, 0) is 47.0 Å². The Morgan fingerprint density at radius 1 is 0.810 bits per heavy atom. The van der Waals surface area contributed by atoms with Crippen molar-refractivity contribution < 1.29 is 0 Å². The first-order valence-corrected chi connectivity index (χ1v) is 7.56. The second-order valence-electron chi connectivity index (χ2n) is 5.42. The average molecular weight is 275 g/mol. The molecule has 0 amide bonds. The van der Waals surface area contributed by atoms with Gasteiger partial charge < -0.3 is 5.32 Å². The van der Waals surface area contributed by atoms with Crippen LogP contribution in [0.4, 0.5) is 0 Å². The molecule has 1 nitrogen and oxygen atoms in total. The standard InChI is InChI=1S/C20H21N/c1-3-15-8-10-17(11-9-15)20(21-2)19-13-12-16-6-4-5-7-18(16)14-19/h4-14,20-21H,3H2,1-2H3. The fraction of sp³-hybridized carbons (Fsp3) is 0.200. The van der Waals surface area contributed by atoms with Crippen LogP contribution in [0.1, 0.15) is 29.7 Å². The van der Waals surface area contributed by atoms with Crippen molar-refractivity contribution in [3.05, 3.63) is 83.4 Å². The highest BCUT2D eigenvalue weighted by molar-refractivity contribution is 5.83. The van der Waals surface area contributed by atoms with Crippen LogP contribution >= 0.6 is 0 Å². The fourth-order valence-corrected chi connectivity index (χ4v) is 2.86. The van der Waals surface area contributed by atoms with Crippen LogP contribution in [0.3, 0.4) is 0 Å². The van der Waals surface area contributed by atoms with E-state index in [0.29, 0.717) is 0 Å². The lowest BCUT2D eigenvalue weighted by molar-refractivity contribution is 0.692. The number of hydrogen-bond donors (Lipinski definition) is 1. The third-order valence-electron chi connectivity index (χ3n) is 4.12. The van der Waals surface area contributed by atoms with Gasteiger partial charge in [-0.3, -0.25) is 0 Å². The number of nitrogens with one attached hydrogen (secondary N) is 1. The summed E-state index contributed by atoms with van der Waals surface area (Å²) in [4.78, 5) is 0. The Hall–Kier alpha value is -2.12. The SMILES string of the molecule is CCc1ccc(C(NC)c2ccc3ccccc3c2)cc1. The molecule has 0 bridgehead atoms. The molecule has 0 radical (unpaired) electrons. The maximum absolute atomic E-state index is 3.44. The topological polar surface area (TPSA) is 12.0 Å². The summed E-state index contributed by atoms with van der Waals surface area (Å²) in [6.07, 6.45) is 1.08. The molecule has 3 aromatic carbocycles. The molecule has 0 saturated heterocycles. The predicted octanol–water partition coefficient (Wildman–Crippen LogP) is 4.71. The third-order valence-corrected chi connectivity index (χ3v) is 4.12. The zero-order valence-corrected chi connectivity index (χ0v) is 12.6. The fourth-order valence-electron chi connectivity index (χ4n) is 2.86. The summed E-state index contributed by atoms with van der Waals surface area (Å²) < 4.78 is 0. The van der Waals surface area contributed by atoms with Crippen LogP contribution in [0.5, 0.6) is 0 Å². The summed E-state index contributed by atoms with van der Waals surface area (Å²) in [6, 6.07) is 24.4. The van der Waals surface area contributed by atoms with Gasteiger partial charge in [0.1, 0.15) is 0 Å². The molecule has 0 spiro atoms. The summed E-state index contributed by atoms with van der Waals surface area (Å²) >= 11 is 0. The van der Waals surface area contributed by atoms with E-state index in [9.17, 15) is 0 Å². The van der Waals surface area contributed by atoms with E-state index in [1.165, 1.54) is 27.5 Å². The van der Waals surface area contributed by atoms with Gasteiger partial charge in [0.2, 0.25) is 0 Å². The number of rotatable bonds is 4. The zero-order valence-electron chi connectivity index (χ0n) is 12.6. The van der Waals surface area contributed by atoms with Crippen LogP contribution in [-0.2, 0) is 6.42 Å². The molecule has 1 heteroatoms. The zero-order chi connectivity index (χ0) is 14.7. The van der Waals surface area contributed by atoms with Crippen molar-refractivity contribution in [3.63, 3.8) is 0 Å². The largest absolute Gasteiger partial charge is 0.309 e. The van der Waals surface area contributed by atoms with Gasteiger partial charge >= 0.3 is 0 Å². The molecule has 0 aromatic heterocycles. The van der Waals surface area contributed by atoms with Crippen LogP contribution < -0.4 is 5.32 Å². The average Bonchev–Trinajstić information content (AvgIpc) is 2.56. The number of hydrogen-bond acceptors (Lipinski definition) is 1. The van der Waals surface area contributed by atoms with Crippen molar-refractivity contribution in [1.82, 2.24) is 5.32 Å². The molecule has 106 valence electrons. The van der Waals surface area contributed by atoms with E-state index in [-0.39, 0.29) is 6.04 Å². The Balaban J connectivity index is 2.00. The lowest BCUT2D eigenvalue weighted by Crippen LogP contribution is -2.17. The molecule has 0 saturated carbocycles. The molecular weight excluding hydrogens is 254 g/mol. The summed E-state index contributed by atoms with van der Waals surface area (Å²) in [5, 5.41) is 6.02. The van der Waals surface area contributed by atoms with Gasteiger partial charge in [-0.1, -0.05) is 67.6 Å². The molecule has 1 atom stereocenters. The minimum Gasteiger partial charge on any atom is -0.309 e. The van der Waals surface area contributed by atoms with Crippen LogP contribution in [0.2, 0.25) is 0 Å². The Bertz CT molecular complexity index is 728. The molecule has 21 heavy (non-hydrogen) atoms. The van der Waals surface area contributed by atoms with E-state index in [1.807, 2.05) is 7.05 Å². The van der Waals surface area contributed by atoms with Crippen molar-refractivity contribution in [3.8, 4) is 0 Å². The Morgan fingerprint density at radius 2 is 1.48 bits per heavy atom. The molecule has 1 unspecified atom stereocenters. The highest BCUT2D eigenvalue weighted by Crippen LogP contribution is 2.25. The molecular formula is C20H21N. The van der Waals surface area contributed by atoms with Gasteiger partial charge in [-0.15, -0.1) is 0 Å². The van der Waals surface area contributed by atoms with Gasteiger partial charge in [0.15, 0.2) is 0 Å². The Labute approximate surface area is 126 Å². The molecule has 3 rings (SSSR count). The first kappa shape index (κ1) is 13.8. The van der Waals surface area contributed by atoms with E-state index < -0.39 is 0 Å². The minimum atomic E-state index is 0.237. The number of fused-ring (bicyclic) bond motifs is 1. The van der Waals surface area contributed by atoms with Crippen molar-refractivity contribution in [2.45, 2.75) is 19.4 Å². The van der Waals surface area contributed by atoms with Crippen LogP contribution in [0, 0.1) is 0 Å².